The predicted octanol–water partition coefficient (Wildman–Crippen LogP) is 5.28. The number of aromatic nitrogens is 2. The highest BCUT2D eigenvalue weighted by Gasteiger charge is 2.34. The first-order valence-electron chi connectivity index (χ1n) is 11.2. The Kier molecular flexibility index (Phi) is 6.76. The number of carbonyl (C=O) groups excluding carboxylic acids is 1. The number of amides is 1. The molecule has 0 fully saturated rings. The maximum Gasteiger partial charge on any atom is 0.270 e. The van der Waals surface area contributed by atoms with Crippen molar-refractivity contribution in [3.05, 3.63) is 123 Å². The fourth-order valence-corrected chi connectivity index (χ4v) is 4.83. The Morgan fingerprint density at radius 2 is 1.75 bits per heavy atom. The number of nitrogens with zero attached hydrogens (tertiary/aromatic N) is 4. The Balaban J connectivity index is 1.53. The average molecular weight is 592 g/mol. The lowest BCUT2D eigenvalue weighted by Gasteiger charge is -2.33. The third-order valence-electron chi connectivity index (χ3n) is 5.82. The van der Waals surface area contributed by atoms with E-state index in [2.05, 4.69) is 50.3 Å². The van der Waals surface area contributed by atoms with Gasteiger partial charge in [-0.1, -0.05) is 60.7 Å². The Labute approximate surface area is 220 Å². The molecule has 10 heteroatoms. The van der Waals surface area contributed by atoms with Gasteiger partial charge in [0.05, 0.1) is 10.6 Å². The quantitative estimate of drug-likeness (QED) is 0.0997. The van der Waals surface area contributed by atoms with Crippen LogP contribution in [0.1, 0.15) is 36.9 Å². The second-order valence-corrected chi connectivity index (χ2v) is 9.36. The number of nitrogens with one attached hydrogen (secondary N) is 2. The molecule has 5 rings (SSSR count). The zero-order chi connectivity index (χ0) is 25.1. The Morgan fingerprint density at radius 1 is 1.03 bits per heavy atom. The van der Waals surface area contributed by atoms with Crippen molar-refractivity contribution >= 4 is 45.7 Å². The van der Waals surface area contributed by atoms with Gasteiger partial charge in [0.25, 0.3) is 11.6 Å². The highest BCUT2D eigenvalue weighted by molar-refractivity contribution is 14.1. The van der Waals surface area contributed by atoms with E-state index < -0.39 is 8.97 Å². The van der Waals surface area contributed by atoms with Crippen LogP contribution in [0, 0.1) is 10.1 Å². The van der Waals surface area contributed by atoms with Crippen LogP contribution in [0.5, 0.6) is 0 Å². The minimum atomic E-state index is -0.449. The van der Waals surface area contributed by atoms with Gasteiger partial charge in [0.1, 0.15) is 15.4 Å². The number of non-ortho nitro benzene ring substituents is 1. The summed E-state index contributed by atoms with van der Waals surface area (Å²) in [5.74, 6) is 0.0796. The molecule has 180 valence electrons. The summed E-state index contributed by atoms with van der Waals surface area (Å²) in [6, 6.07) is 25.2. The number of H-pyrrole nitrogens is 1. The lowest BCUT2D eigenvalue weighted by atomic mass is 10.1. The van der Waals surface area contributed by atoms with Gasteiger partial charge in [-0.2, -0.15) is 5.10 Å². The van der Waals surface area contributed by atoms with E-state index in [0.717, 1.165) is 12.1 Å². The van der Waals surface area contributed by atoms with Crippen molar-refractivity contribution in [2.75, 3.05) is 0 Å². The summed E-state index contributed by atoms with van der Waals surface area (Å²) in [6.07, 6.45) is 1.50. The van der Waals surface area contributed by atoms with E-state index in [-0.39, 0.29) is 11.6 Å². The lowest BCUT2D eigenvalue weighted by Crippen LogP contribution is -2.48. The number of halogens is 1. The minimum absolute atomic E-state index is 0.0585. The molecule has 2 N–H and O–H groups in total. The number of alkyl halides is 1. The van der Waals surface area contributed by atoms with E-state index in [0.29, 0.717) is 34.8 Å². The van der Waals surface area contributed by atoms with Crippen LogP contribution >= 0.6 is 22.6 Å². The van der Waals surface area contributed by atoms with Crippen molar-refractivity contribution in [3.63, 3.8) is 0 Å². The molecule has 1 atom stereocenters. The predicted molar refractivity (Wildman–Crippen MR) is 144 cm³/mol. The summed E-state index contributed by atoms with van der Waals surface area (Å²) in [7, 11) is 0. The first-order chi connectivity index (χ1) is 17.5. The van der Waals surface area contributed by atoms with Gasteiger partial charge in [-0.3, -0.25) is 25.4 Å². The number of aliphatic imine (C=N–C) groups is 1. The van der Waals surface area contributed by atoms with E-state index in [1.54, 1.807) is 41.4 Å². The maximum atomic E-state index is 13.0. The highest BCUT2D eigenvalue weighted by atomic mass is 127. The largest absolute Gasteiger partial charge is 0.280 e. The molecule has 0 radical (unpaired) electrons. The lowest BCUT2D eigenvalue weighted by molar-refractivity contribution is -0.384. The summed E-state index contributed by atoms with van der Waals surface area (Å²) in [4.78, 5) is 28.9. The highest BCUT2D eigenvalue weighted by Crippen LogP contribution is 2.40. The smallest absolute Gasteiger partial charge is 0.270 e. The van der Waals surface area contributed by atoms with Crippen LogP contribution in [-0.4, -0.2) is 31.9 Å². The van der Waals surface area contributed by atoms with Gasteiger partial charge in [-0.05, 0) is 53.1 Å². The number of amidine groups is 1. The molecule has 36 heavy (non-hydrogen) atoms. The summed E-state index contributed by atoms with van der Waals surface area (Å²) in [5, 5.41) is 20.7. The third-order valence-corrected chi connectivity index (χ3v) is 6.96. The summed E-state index contributed by atoms with van der Waals surface area (Å²) < 4.78 is -0.404. The Morgan fingerprint density at radius 3 is 2.47 bits per heavy atom. The van der Waals surface area contributed by atoms with Crippen LogP contribution in [0.25, 0.3) is 0 Å². The number of hydrazine groups is 1. The number of nitro groups is 1. The SMILES string of the molecule is O=C(NN1C(c2cccc([N+](=O)[O-])c2)=Nc2c(n[nH]c2CCc2ccccc2)C1I)c1ccccc1. The molecule has 0 spiro atoms. The van der Waals surface area contributed by atoms with Crippen LogP contribution < -0.4 is 5.43 Å². The first kappa shape index (κ1) is 23.7. The fraction of sp³-hybridized carbons (Fsp3) is 0.115. The number of benzene rings is 3. The van der Waals surface area contributed by atoms with E-state index in [1.165, 1.54) is 17.7 Å². The molecular formula is C26H21IN6O3. The van der Waals surface area contributed by atoms with Crippen molar-refractivity contribution < 1.29 is 9.72 Å². The Bertz CT molecular complexity index is 1440. The molecular weight excluding hydrogens is 571 g/mol. The Hall–Kier alpha value is -4.06. The van der Waals surface area contributed by atoms with Crippen LogP contribution in [0.2, 0.25) is 0 Å². The molecule has 2 heterocycles. The molecule has 0 saturated carbocycles. The molecule has 0 bridgehead atoms. The van der Waals surface area contributed by atoms with Crippen LogP contribution in [-0.2, 0) is 12.8 Å². The number of rotatable bonds is 7. The van der Waals surface area contributed by atoms with Gasteiger partial charge in [0.2, 0.25) is 0 Å². The van der Waals surface area contributed by atoms with Gasteiger partial charge in [-0.15, -0.1) is 0 Å². The molecule has 1 amide bonds. The van der Waals surface area contributed by atoms with Gasteiger partial charge in [0.15, 0.2) is 5.84 Å². The second-order valence-electron chi connectivity index (χ2n) is 8.18. The molecule has 9 nitrogen and oxygen atoms in total. The summed E-state index contributed by atoms with van der Waals surface area (Å²) in [6.45, 7) is 0. The molecule has 4 aromatic rings. The van der Waals surface area contributed by atoms with Crippen LogP contribution in [0.15, 0.2) is 89.9 Å². The number of aromatic amines is 1. The zero-order valence-electron chi connectivity index (χ0n) is 19.0. The van der Waals surface area contributed by atoms with Crippen molar-refractivity contribution in [1.82, 2.24) is 20.6 Å². The van der Waals surface area contributed by atoms with Gasteiger partial charge < -0.3 is 0 Å². The third kappa shape index (κ3) is 4.85. The first-order valence-corrected chi connectivity index (χ1v) is 12.5. The molecule has 1 aromatic heterocycles. The average Bonchev–Trinajstić information content (AvgIpc) is 3.33. The molecule has 1 aliphatic heterocycles. The number of nitro benzene ring substituents is 1. The standard InChI is InChI=1S/C26H21IN6O3/c27-24-23-22(21(29-30-23)15-14-17-8-3-1-4-9-17)28-25(19-12-7-13-20(16-19)33(35)36)32(24)31-26(34)18-10-5-2-6-11-18/h1-13,16,24H,14-15H2,(H,29,30)(H,31,34). The van der Waals surface area contributed by atoms with E-state index in [1.807, 2.05) is 24.3 Å². The van der Waals surface area contributed by atoms with E-state index >= 15 is 0 Å². The normalized spacial score (nSPS) is 14.6. The summed E-state index contributed by atoms with van der Waals surface area (Å²) >= 11 is 2.19. The van der Waals surface area contributed by atoms with Gasteiger partial charge >= 0.3 is 0 Å². The summed E-state index contributed by atoms with van der Waals surface area (Å²) in [5.41, 5.74) is 7.30. The number of hydrogen-bond donors (Lipinski definition) is 2. The number of fused-ring (bicyclic) bond motifs is 1. The topological polar surface area (TPSA) is 117 Å². The van der Waals surface area contributed by atoms with Crippen LogP contribution in [0.3, 0.4) is 0 Å². The maximum absolute atomic E-state index is 13.0. The second kappa shape index (κ2) is 10.3. The van der Waals surface area contributed by atoms with Gasteiger partial charge in [-0.25, -0.2) is 10.0 Å². The molecule has 3 aromatic carbocycles. The minimum Gasteiger partial charge on any atom is -0.280 e. The van der Waals surface area contributed by atoms with Crippen molar-refractivity contribution in [2.45, 2.75) is 16.9 Å². The van der Waals surface area contributed by atoms with Crippen molar-refractivity contribution in [3.8, 4) is 0 Å². The monoisotopic (exact) mass is 592 g/mol. The van der Waals surface area contributed by atoms with Crippen molar-refractivity contribution in [1.29, 1.82) is 0 Å². The van der Waals surface area contributed by atoms with E-state index in [4.69, 9.17) is 4.99 Å². The molecule has 1 aliphatic rings. The van der Waals surface area contributed by atoms with E-state index in [9.17, 15) is 14.9 Å². The van der Waals surface area contributed by atoms with Crippen LogP contribution in [0.4, 0.5) is 11.4 Å². The number of hydrogen-bond acceptors (Lipinski definition) is 6. The fourth-order valence-electron chi connectivity index (χ4n) is 3.99. The molecule has 0 saturated heterocycles. The molecule has 1 unspecified atom stereocenters. The zero-order valence-corrected chi connectivity index (χ0v) is 21.1. The molecule has 0 aliphatic carbocycles. The van der Waals surface area contributed by atoms with Crippen molar-refractivity contribution in [2.24, 2.45) is 4.99 Å². The number of carbonyl (C=O) groups is 1. The number of aryl methyl sites for hydroxylation is 2. The van der Waals surface area contributed by atoms with Gasteiger partial charge in [0, 0.05) is 23.3 Å².